The van der Waals surface area contributed by atoms with E-state index in [1.165, 1.54) is 30.9 Å². The number of ether oxygens (including phenoxy) is 1. The molecular formula is C43H67N5O13. The number of hydrogen-bond acceptors (Lipinski definition) is 13. The Balaban J connectivity index is 1.85. The number of amides is 5. The molecule has 61 heavy (non-hydrogen) atoms. The largest absolute Gasteiger partial charge is 0.481 e. The fourth-order valence-electron chi connectivity index (χ4n) is 7.27. The number of nitrogens with zero attached hydrogens (tertiary/aromatic N) is 2. The maximum atomic E-state index is 13.7. The van der Waals surface area contributed by atoms with Gasteiger partial charge in [0.2, 0.25) is 17.7 Å². The Morgan fingerprint density at radius 1 is 0.836 bits per heavy atom. The predicted molar refractivity (Wildman–Crippen MR) is 222 cm³/mol. The van der Waals surface area contributed by atoms with E-state index in [0.29, 0.717) is 77.6 Å². The van der Waals surface area contributed by atoms with Crippen LogP contribution in [0.3, 0.4) is 0 Å². The summed E-state index contributed by atoms with van der Waals surface area (Å²) in [5.74, 6) is -5.52. The first-order chi connectivity index (χ1) is 28.9. The molecule has 2 aliphatic heterocycles. The van der Waals surface area contributed by atoms with E-state index in [-0.39, 0.29) is 73.5 Å². The van der Waals surface area contributed by atoms with E-state index in [2.05, 4.69) is 16.0 Å². The highest BCUT2D eigenvalue weighted by Crippen LogP contribution is 2.21. The zero-order chi connectivity index (χ0) is 45.5. The number of likely N-dealkylation sites (tertiary alicyclic amines) is 1. The second-order valence-electron chi connectivity index (χ2n) is 16.5. The van der Waals surface area contributed by atoms with Gasteiger partial charge < -0.3 is 35.7 Å². The van der Waals surface area contributed by atoms with Crippen molar-refractivity contribution in [1.29, 1.82) is 0 Å². The molecule has 1 saturated heterocycles. The average Bonchev–Trinajstić information content (AvgIpc) is 3.78. The molecule has 18 heteroatoms. The van der Waals surface area contributed by atoms with Gasteiger partial charge in [-0.1, -0.05) is 20.3 Å². The number of imide groups is 1. The number of aliphatic hydroxyl groups excluding tert-OH is 1. The second kappa shape index (κ2) is 28.0. The summed E-state index contributed by atoms with van der Waals surface area (Å²) >= 11 is 0. The summed E-state index contributed by atoms with van der Waals surface area (Å²) in [7, 11) is 0. The SMILES string of the molecule is CC(=O)CCC(=O)CNC(=O)C(CC(=O)C(CCC(=O)O)NC(=O)C1CCCN1CC(CC(C)C)NC(=O)CCOCCCC(=O)CCCCCN1C(=O)C=CC1=O)C(C)O. The number of Topliss-reactive ketones (excluding diaryl/α,β-unsaturated/α-hetero) is 4. The average molecular weight is 862 g/mol. The van der Waals surface area contributed by atoms with Gasteiger partial charge >= 0.3 is 5.97 Å². The van der Waals surface area contributed by atoms with Crippen molar-refractivity contribution in [2.45, 2.75) is 148 Å². The first-order valence-electron chi connectivity index (χ1n) is 21.6. The molecule has 2 heterocycles. The molecule has 2 aliphatic rings. The lowest BCUT2D eigenvalue weighted by Gasteiger charge is -2.31. The number of unbranched alkanes of at least 4 members (excludes halogenated alkanes) is 2. The van der Waals surface area contributed by atoms with Crippen molar-refractivity contribution in [3.63, 3.8) is 0 Å². The molecule has 342 valence electrons. The first-order valence-corrected chi connectivity index (χ1v) is 21.6. The van der Waals surface area contributed by atoms with Crippen molar-refractivity contribution in [3.05, 3.63) is 12.2 Å². The van der Waals surface area contributed by atoms with E-state index in [0.717, 1.165) is 6.42 Å². The topological polar surface area (TPSA) is 263 Å². The molecule has 5 N–H and O–H groups in total. The first kappa shape index (κ1) is 52.5. The van der Waals surface area contributed by atoms with Crippen molar-refractivity contribution >= 4 is 58.6 Å². The van der Waals surface area contributed by atoms with E-state index in [1.807, 2.05) is 18.7 Å². The van der Waals surface area contributed by atoms with Gasteiger partial charge in [-0.3, -0.25) is 53.0 Å². The van der Waals surface area contributed by atoms with Crippen LogP contribution in [0.25, 0.3) is 0 Å². The lowest BCUT2D eigenvalue weighted by Crippen LogP contribution is -2.53. The standard InChI is InChI=1S/C43H67N5O13/c1-28(2)24-31(45-38(54)19-23-61-22-9-11-32(51)10-6-5-7-21-48-39(55)16-17-40(48)56)27-47-20-8-12-36(47)43(60)46-35(15-18-41(57)58)37(53)25-34(30(4)50)42(59)44-26-33(52)14-13-29(3)49/h16-17,28,30-31,34-36,50H,5-15,18-27H2,1-4H3,(H,44,59)(H,45,54)(H,46,60)(H,57,58). The third-order valence-electron chi connectivity index (χ3n) is 10.6. The Kier molecular flexibility index (Phi) is 24.1. The van der Waals surface area contributed by atoms with Gasteiger partial charge in [-0.2, -0.15) is 0 Å². The fraction of sp³-hybridized carbons (Fsp3) is 0.721. The second-order valence-corrected chi connectivity index (χ2v) is 16.5. The van der Waals surface area contributed by atoms with E-state index < -0.39 is 72.8 Å². The smallest absolute Gasteiger partial charge is 0.303 e. The lowest BCUT2D eigenvalue weighted by atomic mass is 9.91. The van der Waals surface area contributed by atoms with E-state index in [4.69, 9.17) is 4.74 Å². The van der Waals surface area contributed by atoms with Crippen molar-refractivity contribution in [2.75, 3.05) is 39.4 Å². The summed E-state index contributed by atoms with van der Waals surface area (Å²) in [5.41, 5.74) is 0. The van der Waals surface area contributed by atoms with Gasteiger partial charge in [0.15, 0.2) is 11.6 Å². The van der Waals surface area contributed by atoms with Gasteiger partial charge in [-0.25, -0.2) is 0 Å². The van der Waals surface area contributed by atoms with Gasteiger partial charge in [0.05, 0.1) is 37.3 Å². The molecule has 5 amide bonds. The number of carbonyl (C=O) groups excluding carboxylic acids is 9. The number of carbonyl (C=O) groups is 10. The van der Waals surface area contributed by atoms with Gasteiger partial charge in [-0.15, -0.1) is 0 Å². The normalized spacial score (nSPS) is 17.2. The Hall–Kier alpha value is -4.68. The van der Waals surface area contributed by atoms with Gasteiger partial charge in [0.25, 0.3) is 11.8 Å². The fourth-order valence-corrected chi connectivity index (χ4v) is 7.27. The zero-order valence-corrected chi connectivity index (χ0v) is 36.2. The maximum Gasteiger partial charge on any atom is 0.303 e. The highest BCUT2D eigenvalue weighted by Gasteiger charge is 2.36. The molecule has 0 aromatic rings. The number of carboxylic acids is 1. The van der Waals surface area contributed by atoms with Gasteiger partial charge in [-0.05, 0) is 71.3 Å². The minimum absolute atomic E-state index is 0.0203. The minimum Gasteiger partial charge on any atom is -0.481 e. The van der Waals surface area contributed by atoms with Crippen LogP contribution in [0.2, 0.25) is 0 Å². The monoisotopic (exact) mass is 861 g/mol. The number of nitrogens with one attached hydrogen (secondary N) is 3. The maximum absolute atomic E-state index is 13.7. The molecule has 0 aromatic carbocycles. The summed E-state index contributed by atoms with van der Waals surface area (Å²) in [6.45, 7) is 7.99. The number of aliphatic carboxylic acids is 1. The summed E-state index contributed by atoms with van der Waals surface area (Å²) in [4.78, 5) is 126. The van der Waals surface area contributed by atoms with Crippen LogP contribution in [0.15, 0.2) is 12.2 Å². The zero-order valence-electron chi connectivity index (χ0n) is 36.2. The molecule has 0 radical (unpaired) electrons. The van der Waals surface area contributed by atoms with Crippen LogP contribution in [0.4, 0.5) is 0 Å². The molecule has 0 aliphatic carbocycles. The highest BCUT2D eigenvalue weighted by molar-refractivity contribution is 6.12. The van der Waals surface area contributed by atoms with Crippen LogP contribution in [-0.4, -0.2) is 142 Å². The number of ketones is 4. The van der Waals surface area contributed by atoms with Crippen LogP contribution in [0.1, 0.15) is 124 Å². The Labute approximate surface area is 358 Å². The predicted octanol–water partition coefficient (Wildman–Crippen LogP) is 1.58. The molecule has 18 nitrogen and oxygen atoms in total. The van der Waals surface area contributed by atoms with Crippen LogP contribution in [0.5, 0.6) is 0 Å². The molecule has 2 rings (SSSR count). The molecule has 1 fully saturated rings. The molecule has 0 aromatic heterocycles. The lowest BCUT2D eigenvalue weighted by molar-refractivity contribution is -0.139. The number of carboxylic acid groups (broad SMARTS) is 1. The Morgan fingerprint density at radius 2 is 1.52 bits per heavy atom. The van der Waals surface area contributed by atoms with E-state index in [9.17, 15) is 58.2 Å². The summed E-state index contributed by atoms with van der Waals surface area (Å²) in [6.07, 6.45) is 5.07. The van der Waals surface area contributed by atoms with E-state index >= 15 is 0 Å². The van der Waals surface area contributed by atoms with Crippen LogP contribution < -0.4 is 16.0 Å². The molecule has 5 atom stereocenters. The Bertz CT molecular complexity index is 1560. The third kappa shape index (κ3) is 21.1. The Morgan fingerprint density at radius 3 is 2.16 bits per heavy atom. The van der Waals surface area contributed by atoms with Gasteiger partial charge in [0, 0.05) is 82.8 Å². The molecule has 0 spiro atoms. The molecule has 0 bridgehead atoms. The quantitative estimate of drug-likeness (QED) is 0.0464. The number of aliphatic hydroxyl groups is 1. The summed E-state index contributed by atoms with van der Waals surface area (Å²) in [5, 5.41) is 27.9. The van der Waals surface area contributed by atoms with Crippen LogP contribution in [-0.2, 0) is 52.7 Å². The number of rotatable bonds is 33. The molecule has 5 unspecified atom stereocenters. The van der Waals surface area contributed by atoms with Gasteiger partial charge in [0.1, 0.15) is 11.6 Å². The molecule has 0 saturated carbocycles. The minimum atomic E-state index is -1.31. The number of hydrogen-bond donors (Lipinski definition) is 5. The van der Waals surface area contributed by atoms with E-state index in [1.54, 1.807) is 0 Å². The van der Waals surface area contributed by atoms with Crippen molar-refractivity contribution in [2.24, 2.45) is 11.8 Å². The molecular weight excluding hydrogens is 794 g/mol. The summed E-state index contributed by atoms with van der Waals surface area (Å²) in [6, 6.07) is -2.24. The summed E-state index contributed by atoms with van der Waals surface area (Å²) < 4.78 is 5.62. The van der Waals surface area contributed by atoms with Crippen molar-refractivity contribution in [3.8, 4) is 0 Å². The van der Waals surface area contributed by atoms with Crippen molar-refractivity contribution < 1.29 is 62.9 Å². The van der Waals surface area contributed by atoms with Crippen molar-refractivity contribution in [1.82, 2.24) is 25.8 Å². The third-order valence-corrected chi connectivity index (χ3v) is 10.6. The van der Waals surface area contributed by atoms with Crippen LogP contribution >= 0.6 is 0 Å². The highest BCUT2D eigenvalue weighted by atomic mass is 16.5. The van der Waals surface area contributed by atoms with Crippen LogP contribution in [0, 0.1) is 11.8 Å².